The summed E-state index contributed by atoms with van der Waals surface area (Å²) in [7, 11) is 0. The van der Waals surface area contributed by atoms with E-state index >= 15 is 0 Å². The molecule has 3 rings (SSSR count). The van der Waals surface area contributed by atoms with E-state index in [1.807, 2.05) is 23.1 Å². The second kappa shape index (κ2) is 5.66. The largest absolute Gasteiger partial charge is 0.341 e. The highest BCUT2D eigenvalue weighted by molar-refractivity contribution is 6.31. The second-order valence-corrected chi connectivity index (χ2v) is 5.94. The van der Waals surface area contributed by atoms with Crippen molar-refractivity contribution in [1.82, 2.24) is 19.8 Å². The van der Waals surface area contributed by atoms with Gasteiger partial charge in [0.15, 0.2) is 0 Å². The van der Waals surface area contributed by atoms with Crippen LogP contribution in [0.4, 0.5) is 0 Å². The van der Waals surface area contributed by atoms with Gasteiger partial charge in [0.05, 0.1) is 17.1 Å². The van der Waals surface area contributed by atoms with Crippen molar-refractivity contribution in [2.45, 2.75) is 19.9 Å². The number of nitrogens with zero attached hydrogens (tertiary/aromatic N) is 3. The minimum absolute atomic E-state index is 0.153. The standard InChI is InChI=1S/C15H19ClN4O/c1-10(19-5-7-20(8-6-19)11(2)21)15-17-13-4-3-12(16)9-14(13)18-15/h3-4,9-10H,5-8H2,1-2H3,(H,17,18). The zero-order chi connectivity index (χ0) is 15.0. The Morgan fingerprint density at radius 3 is 2.71 bits per heavy atom. The monoisotopic (exact) mass is 306 g/mol. The SMILES string of the molecule is CC(=O)N1CCN(C(C)c2nc3ccc(Cl)cc3[nH]2)CC1. The van der Waals surface area contributed by atoms with Crippen LogP contribution in [0.15, 0.2) is 18.2 Å². The van der Waals surface area contributed by atoms with Crippen LogP contribution in [-0.2, 0) is 4.79 Å². The summed E-state index contributed by atoms with van der Waals surface area (Å²) in [4.78, 5) is 23.6. The van der Waals surface area contributed by atoms with Gasteiger partial charge in [-0.25, -0.2) is 4.98 Å². The number of carbonyl (C=O) groups excluding carboxylic acids is 1. The highest BCUT2D eigenvalue weighted by Crippen LogP contribution is 2.23. The van der Waals surface area contributed by atoms with Gasteiger partial charge in [0, 0.05) is 38.1 Å². The molecule has 0 spiro atoms. The molecule has 2 aromatic rings. The number of fused-ring (bicyclic) bond motifs is 1. The maximum Gasteiger partial charge on any atom is 0.219 e. The molecule has 2 heterocycles. The Kier molecular flexibility index (Phi) is 3.87. The molecule has 0 bridgehead atoms. The van der Waals surface area contributed by atoms with Gasteiger partial charge in [-0.15, -0.1) is 0 Å². The van der Waals surface area contributed by atoms with Crippen molar-refractivity contribution in [2.75, 3.05) is 26.2 Å². The fourth-order valence-electron chi connectivity index (χ4n) is 2.80. The summed E-state index contributed by atoms with van der Waals surface area (Å²) in [5.41, 5.74) is 1.90. The Balaban J connectivity index is 1.75. The van der Waals surface area contributed by atoms with E-state index in [4.69, 9.17) is 11.6 Å². The van der Waals surface area contributed by atoms with Crippen LogP contribution in [0, 0.1) is 0 Å². The van der Waals surface area contributed by atoms with Crippen LogP contribution in [0.25, 0.3) is 11.0 Å². The summed E-state index contributed by atoms with van der Waals surface area (Å²) in [6.45, 7) is 7.08. The minimum atomic E-state index is 0.153. The lowest BCUT2D eigenvalue weighted by atomic mass is 10.2. The number of carbonyl (C=O) groups is 1. The van der Waals surface area contributed by atoms with Gasteiger partial charge in [-0.05, 0) is 25.1 Å². The highest BCUT2D eigenvalue weighted by Gasteiger charge is 2.24. The molecule has 1 amide bonds. The molecule has 21 heavy (non-hydrogen) atoms. The molecule has 5 nitrogen and oxygen atoms in total. The summed E-state index contributed by atoms with van der Waals surface area (Å²) in [6.07, 6.45) is 0. The summed E-state index contributed by atoms with van der Waals surface area (Å²) >= 11 is 6.01. The summed E-state index contributed by atoms with van der Waals surface area (Å²) in [6, 6.07) is 5.88. The molecular weight excluding hydrogens is 288 g/mol. The number of benzene rings is 1. The van der Waals surface area contributed by atoms with E-state index in [1.54, 1.807) is 6.92 Å². The van der Waals surface area contributed by atoms with Gasteiger partial charge in [-0.2, -0.15) is 0 Å². The van der Waals surface area contributed by atoms with Crippen LogP contribution in [0.5, 0.6) is 0 Å². The fourth-order valence-corrected chi connectivity index (χ4v) is 2.97. The third-order valence-electron chi connectivity index (χ3n) is 4.17. The van der Waals surface area contributed by atoms with Gasteiger partial charge in [-0.3, -0.25) is 9.69 Å². The molecule has 1 aromatic carbocycles. The molecular formula is C15H19ClN4O. The van der Waals surface area contributed by atoms with Gasteiger partial charge in [0.2, 0.25) is 5.91 Å². The molecule has 0 saturated carbocycles. The van der Waals surface area contributed by atoms with Gasteiger partial charge >= 0.3 is 0 Å². The van der Waals surface area contributed by atoms with Crippen molar-refractivity contribution in [3.05, 3.63) is 29.0 Å². The van der Waals surface area contributed by atoms with Crippen LogP contribution in [-0.4, -0.2) is 51.9 Å². The lowest BCUT2D eigenvalue weighted by Crippen LogP contribution is -2.48. The van der Waals surface area contributed by atoms with E-state index in [9.17, 15) is 4.79 Å². The van der Waals surface area contributed by atoms with Gasteiger partial charge in [0.25, 0.3) is 0 Å². The minimum Gasteiger partial charge on any atom is -0.341 e. The Labute approximate surface area is 128 Å². The number of halogens is 1. The van der Waals surface area contributed by atoms with Crippen molar-refractivity contribution in [3.8, 4) is 0 Å². The number of hydrogen-bond donors (Lipinski definition) is 1. The lowest BCUT2D eigenvalue weighted by molar-refractivity contribution is -0.130. The smallest absolute Gasteiger partial charge is 0.219 e. The molecule has 1 fully saturated rings. The van der Waals surface area contributed by atoms with E-state index in [2.05, 4.69) is 21.8 Å². The quantitative estimate of drug-likeness (QED) is 0.927. The zero-order valence-electron chi connectivity index (χ0n) is 12.3. The highest BCUT2D eigenvalue weighted by atomic mass is 35.5. The van der Waals surface area contributed by atoms with E-state index in [-0.39, 0.29) is 11.9 Å². The van der Waals surface area contributed by atoms with Crippen molar-refractivity contribution in [1.29, 1.82) is 0 Å². The molecule has 112 valence electrons. The first-order chi connectivity index (χ1) is 10.0. The topological polar surface area (TPSA) is 52.2 Å². The van der Waals surface area contributed by atoms with Crippen LogP contribution >= 0.6 is 11.6 Å². The van der Waals surface area contributed by atoms with E-state index in [1.165, 1.54) is 0 Å². The first kappa shape index (κ1) is 14.4. The normalized spacial score (nSPS) is 18.1. The number of piperazine rings is 1. The van der Waals surface area contributed by atoms with Gasteiger partial charge in [-0.1, -0.05) is 11.6 Å². The molecule has 1 aliphatic rings. The van der Waals surface area contributed by atoms with E-state index in [0.29, 0.717) is 5.02 Å². The lowest BCUT2D eigenvalue weighted by Gasteiger charge is -2.36. The Morgan fingerprint density at radius 2 is 2.05 bits per heavy atom. The Hall–Kier alpha value is -1.59. The molecule has 0 radical (unpaired) electrons. The van der Waals surface area contributed by atoms with E-state index in [0.717, 1.165) is 43.0 Å². The maximum absolute atomic E-state index is 11.4. The van der Waals surface area contributed by atoms with Crippen molar-refractivity contribution in [2.24, 2.45) is 0 Å². The third kappa shape index (κ3) is 2.89. The number of hydrogen-bond acceptors (Lipinski definition) is 3. The fraction of sp³-hybridized carbons (Fsp3) is 0.467. The predicted molar refractivity (Wildman–Crippen MR) is 83.3 cm³/mol. The number of rotatable bonds is 2. The first-order valence-electron chi connectivity index (χ1n) is 7.19. The number of amides is 1. The van der Waals surface area contributed by atoms with Crippen molar-refractivity contribution < 1.29 is 4.79 Å². The predicted octanol–water partition coefficient (Wildman–Crippen LogP) is 2.44. The summed E-state index contributed by atoms with van der Waals surface area (Å²) < 4.78 is 0. The molecule has 6 heteroatoms. The Morgan fingerprint density at radius 1 is 1.33 bits per heavy atom. The molecule has 1 atom stereocenters. The van der Waals surface area contributed by atoms with Crippen molar-refractivity contribution >= 4 is 28.5 Å². The maximum atomic E-state index is 11.4. The summed E-state index contributed by atoms with van der Waals surface area (Å²) in [5, 5.41) is 0.709. The number of aromatic nitrogens is 2. The van der Waals surface area contributed by atoms with Crippen LogP contribution in [0.2, 0.25) is 5.02 Å². The van der Waals surface area contributed by atoms with Crippen LogP contribution < -0.4 is 0 Å². The molecule has 0 aliphatic carbocycles. The average molecular weight is 307 g/mol. The van der Waals surface area contributed by atoms with Crippen LogP contribution in [0.1, 0.15) is 25.7 Å². The van der Waals surface area contributed by atoms with E-state index < -0.39 is 0 Å². The number of imidazole rings is 1. The van der Waals surface area contributed by atoms with Crippen molar-refractivity contribution in [3.63, 3.8) is 0 Å². The zero-order valence-corrected chi connectivity index (χ0v) is 13.0. The third-order valence-corrected chi connectivity index (χ3v) is 4.40. The average Bonchev–Trinajstić information content (AvgIpc) is 2.89. The first-order valence-corrected chi connectivity index (χ1v) is 7.57. The Bertz CT molecular complexity index is 661. The number of H-pyrrole nitrogens is 1. The summed E-state index contributed by atoms with van der Waals surface area (Å²) in [5.74, 6) is 1.10. The molecule has 1 N–H and O–H groups in total. The van der Waals surface area contributed by atoms with Crippen LogP contribution in [0.3, 0.4) is 0 Å². The number of nitrogens with one attached hydrogen (secondary N) is 1. The second-order valence-electron chi connectivity index (χ2n) is 5.50. The molecule has 1 saturated heterocycles. The van der Waals surface area contributed by atoms with Gasteiger partial charge in [0.1, 0.15) is 5.82 Å². The van der Waals surface area contributed by atoms with Gasteiger partial charge < -0.3 is 9.88 Å². The molecule has 1 unspecified atom stereocenters. The molecule has 1 aromatic heterocycles. The molecule has 1 aliphatic heterocycles. The number of aromatic amines is 1.